The first-order valence-electron chi connectivity index (χ1n) is 7.55. The summed E-state index contributed by atoms with van der Waals surface area (Å²) >= 11 is 13.1. The van der Waals surface area contributed by atoms with Crippen molar-refractivity contribution in [1.29, 1.82) is 0 Å². The third-order valence-electron chi connectivity index (χ3n) is 3.57. The Morgan fingerprint density at radius 2 is 1.88 bits per heavy atom. The first-order chi connectivity index (χ1) is 12.4. The van der Waals surface area contributed by atoms with Gasteiger partial charge in [-0.05, 0) is 30.3 Å². The number of nitrogens with one attached hydrogen (secondary N) is 3. The molecule has 0 spiro atoms. The summed E-state index contributed by atoms with van der Waals surface area (Å²) in [5.41, 5.74) is 5.42. The Labute approximate surface area is 163 Å². The maximum atomic E-state index is 12.1. The van der Waals surface area contributed by atoms with E-state index in [2.05, 4.69) is 16.2 Å². The molecule has 0 saturated carbocycles. The molecule has 0 unspecified atom stereocenters. The van der Waals surface area contributed by atoms with Crippen LogP contribution in [0.3, 0.4) is 0 Å². The van der Waals surface area contributed by atoms with Crippen LogP contribution in [0.2, 0.25) is 10.0 Å². The number of hydrazine groups is 1. The number of halogens is 2. The molecular formula is C17H13Cl2N3O3S. The molecule has 3 rings (SSSR count). The molecule has 134 valence electrons. The highest BCUT2D eigenvalue weighted by atomic mass is 35.5. The number of benzene rings is 2. The first-order valence-corrected chi connectivity index (χ1v) is 9.18. The highest BCUT2D eigenvalue weighted by molar-refractivity contribution is 8.01. The van der Waals surface area contributed by atoms with Gasteiger partial charge in [-0.1, -0.05) is 35.3 Å². The van der Waals surface area contributed by atoms with Gasteiger partial charge in [0.05, 0.1) is 21.5 Å². The topological polar surface area (TPSA) is 87.3 Å². The van der Waals surface area contributed by atoms with Crippen molar-refractivity contribution in [1.82, 2.24) is 10.9 Å². The van der Waals surface area contributed by atoms with E-state index < -0.39 is 17.1 Å². The summed E-state index contributed by atoms with van der Waals surface area (Å²) in [6, 6.07) is 11.8. The number of thioether (sulfide) groups is 1. The van der Waals surface area contributed by atoms with E-state index in [1.807, 2.05) is 18.2 Å². The fraction of sp³-hybridized carbons (Fsp3) is 0.118. The van der Waals surface area contributed by atoms with Crippen molar-refractivity contribution >= 4 is 58.4 Å². The summed E-state index contributed by atoms with van der Waals surface area (Å²) in [6.45, 7) is 0. The third-order valence-corrected chi connectivity index (χ3v) is 5.41. The zero-order valence-electron chi connectivity index (χ0n) is 13.2. The third kappa shape index (κ3) is 4.30. The van der Waals surface area contributed by atoms with Crippen LogP contribution in [0.15, 0.2) is 47.4 Å². The molecule has 1 aliphatic heterocycles. The molecule has 1 aliphatic rings. The van der Waals surface area contributed by atoms with Crippen molar-refractivity contribution in [3.05, 3.63) is 58.1 Å². The number of para-hydroxylation sites is 1. The van der Waals surface area contributed by atoms with E-state index in [-0.39, 0.29) is 22.9 Å². The predicted molar refractivity (Wildman–Crippen MR) is 101 cm³/mol. The number of hydrogen-bond acceptors (Lipinski definition) is 4. The van der Waals surface area contributed by atoms with Gasteiger partial charge in [-0.15, -0.1) is 11.8 Å². The zero-order chi connectivity index (χ0) is 18.7. The van der Waals surface area contributed by atoms with Crippen LogP contribution >= 0.6 is 35.0 Å². The molecular weight excluding hydrogens is 397 g/mol. The minimum Gasteiger partial charge on any atom is -0.324 e. The number of fused-ring (bicyclic) bond motifs is 1. The second-order valence-corrected chi connectivity index (χ2v) is 7.51. The predicted octanol–water partition coefficient (Wildman–Crippen LogP) is 3.26. The van der Waals surface area contributed by atoms with Gasteiger partial charge in [-0.2, -0.15) is 0 Å². The smallest absolute Gasteiger partial charge is 0.271 e. The Bertz CT molecular complexity index is 891. The Morgan fingerprint density at radius 1 is 1.12 bits per heavy atom. The molecule has 1 atom stereocenters. The number of carbonyl (C=O) groups excluding carboxylic acids is 3. The van der Waals surface area contributed by atoms with E-state index in [9.17, 15) is 14.4 Å². The summed E-state index contributed by atoms with van der Waals surface area (Å²) in [5.74, 6) is -1.35. The van der Waals surface area contributed by atoms with Crippen LogP contribution in [0, 0.1) is 0 Å². The largest absolute Gasteiger partial charge is 0.324 e. The van der Waals surface area contributed by atoms with Crippen LogP contribution in [0.5, 0.6) is 0 Å². The van der Waals surface area contributed by atoms with E-state index in [0.29, 0.717) is 5.02 Å². The van der Waals surface area contributed by atoms with Gasteiger partial charge in [0, 0.05) is 16.3 Å². The molecule has 0 fully saturated rings. The molecule has 0 bridgehead atoms. The highest BCUT2D eigenvalue weighted by Crippen LogP contribution is 2.36. The van der Waals surface area contributed by atoms with Crippen LogP contribution < -0.4 is 16.2 Å². The lowest BCUT2D eigenvalue weighted by Gasteiger charge is -2.23. The second kappa shape index (κ2) is 7.99. The van der Waals surface area contributed by atoms with Gasteiger partial charge in [0.15, 0.2) is 0 Å². The number of rotatable bonds is 3. The molecule has 26 heavy (non-hydrogen) atoms. The Hall–Kier alpha value is -2.22. The lowest BCUT2D eigenvalue weighted by atomic mass is 10.2. The van der Waals surface area contributed by atoms with Crippen molar-refractivity contribution in [3.63, 3.8) is 0 Å². The minimum absolute atomic E-state index is 0.0889. The van der Waals surface area contributed by atoms with Gasteiger partial charge in [-0.3, -0.25) is 25.2 Å². The summed E-state index contributed by atoms with van der Waals surface area (Å²) in [6.07, 6.45) is -0.0889. The average molecular weight is 410 g/mol. The molecule has 6 nitrogen and oxygen atoms in total. The molecule has 2 aromatic rings. The molecule has 2 aromatic carbocycles. The summed E-state index contributed by atoms with van der Waals surface area (Å²) < 4.78 is 0. The van der Waals surface area contributed by atoms with Crippen molar-refractivity contribution in [3.8, 4) is 0 Å². The Balaban J connectivity index is 1.57. The van der Waals surface area contributed by atoms with Gasteiger partial charge >= 0.3 is 0 Å². The lowest BCUT2D eigenvalue weighted by Crippen LogP contribution is -2.44. The number of amides is 3. The molecule has 0 radical (unpaired) electrons. The quantitative estimate of drug-likeness (QED) is 0.678. The van der Waals surface area contributed by atoms with Crippen molar-refractivity contribution < 1.29 is 14.4 Å². The molecule has 0 aliphatic carbocycles. The van der Waals surface area contributed by atoms with Gasteiger partial charge in [0.25, 0.3) is 5.91 Å². The highest BCUT2D eigenvalue weighted by Gasteiger charge is 2.28. The fourth-order valence-electron chi connectivity index (χ4n) is 2.31. The summed E-state index contributed by atoms with van der Waals surface area (Å²) in [5, 5.41) is 2.73. The fourth-order valence-corrected chi connectivity index (χ4v) is 3.80. The number of anilines is 1. The van der Waals surface area contributed by atoms with Gasteiger partial charge < -0.3 is 5.32 Å². The van der Waals surface area contributed by atoms with Crippen molar-refractivity contribution in [2.24, 2.45) is 0 Å². The van der Waals surface area contributed by atoms with Crippen LogP contribution in [-0.4, -0.2) is 23.0 Å². The van der Waals surface area contributed by atoms with Gasteiger partial charge in [0.2, 0.25) is 11.8 Å². The first kappa shape index (κ1) is 18.6. The average Bonchev–Trinajstić information content (AvgIpc) is 2.62. The van der Waals surface area contributed by atoms with E-state index in [4.69, 9.17) is 23.2 Å². The summed E-state index contributed by atoms with van der Waals surface area (Å²) in [4.78, 5) is 37.2. The lowest BCUT2D eigenvalue weighted by molar-refractivity contribution is -0.124. The van der Waals surface area contributed by atoms with Crippen LogP contribution in [0.4, 0.5) is 5.69 Å². The molecule has 0 saturated heterocycles. The van der Waals surface area contributed by atoms with E-state index >= 15 is 0 Å². The molecule has 3 amide bonds. The van der Waals surface area contributed by atoms with Crippen LogP contribution in [0.25, 0.3) is 0 Å². The monoisotopic (exact) mass is 409 g/mol. The molecule has 0 aromatic heterocycles. The van der Waals surface area contributed by atoms with Crippen LogP contribution in [0.1, 0.15) is 16.8 Å². The molecule has 3 N–H and O–H groups in total. The number of carbonyl (C=O) groups is 3. The molecule has 1 heterocycles. The van der Waals surface area contributed by atoms with Crippen molar-refractivity contribution in [2.45, 2.75) is 16.6 Å². The van der Waals surface area contributed by atoms with E-state index in [1.54, 1.807) is 12.1 Å². The normalized spacial score (nSPS) is 15.6. The maximum absolute atomic E-state index is 12.1. The minimum atomic E-state index is -0.600. The standard InChI is InChI=1S/C17H13Cl2N3O3S/c18-9-5-6-11(19)10(7-9)16(24)22-21-15(23)8-14-17(25)20-12-3-1-2-4-13(12)26-14/h1-7,14H,8H2,(H,20,25)(H,21,23)(H,22,24)/t14-/m1/s1. The SMILES string of the molecule is O=C(C[C@H]1Sc2ccccc2NC1=O)NNC(=O)c1cc(Cl)ccc1Cl. The Kier molecular flexibility index (Phi) is 5.70. The van der Waals surface area contributed by atoms with E-state index in [0.717, 1.165) is 10.6 Å². The summed E-state index contributed by atoms with van der Waals surface area (Å²) in [7, 11) is 0. The zero-order valence-corrected chi connectivity index (χ0v) is 15.5. The van der Waals surface area contributed by atoms with Crippen LogP contribution in [-0.2, 0) is 9.59 Å². The van der Waals surface area contributed by atoms with E-state index in [1.165, 1.54) is 23.9 Å². The van der Waals surface area contributed by atoms with Gasteiger partial charge in [0.1, 0.15) is 0 Å². The maximum Gasteiger partial charge on any atom is 0.271 e. The second-order valence-electron chi connectivity index (χ2n) is 5.42. The van der Waals surface area contributed by atoms with Gasteiger partial charge in [-0.25, -0.2) is 0 Å². The molecule has 9 heteroatoms. The Morgan fingerprint density at radius 3 is 2.69 bits per heavy atom. The van der Waals surface area contributed by atoms with Crippen molar-refractivity contribution in [2.75, 3.05) is 5.32 Å². The number of hydrogen-bond donors (Lipinski definition) is 3.